The van der Waals surface area contributed by atoms with Crippen LogP contribution >= 0.6 is 0 Å². The lowest BCUT2D eigenvalue weighted by molar-refractivity contribution is 0.0433. The Hall–Kier alpha value is -1.22. The van der Waals surface area contributed by atoms with Gasteiger partial charge < -0.3 is 4.74 Å². The van der Waals surface area contributed by atoms with E-state index in [0.717, 1.165) is 18.4 Å². The van der Waals surface area contributed by atoms with Gasteiger partial charge in [0, 0.05) is 5.56 Å². The highest BCUT2D eigenvalue weighted by atomic mass is 19.1. The molecule has 2 unspecified atom stereocenters. The molecule has 16 heavy (non-hydrogen) atoms. The predicted octanol–water partition coefficient (Wildman–Crippen LogP) is 2.88. The van der Waals surface area contributed by atoms with Crippen molar-refractivity contribution in [1.29, 1.82) is 0 Å². The second-order valence-corrected chi connectivity index (χ2v) is 4.39. The number of ether oxygens (including phenoxy) is 1. The molecule has 0 spiro atoms. The van der Waals surface area contributed by atoms with Gasteiger partial charge in [0.1, 0.15) is 11.9 Å². The van der Waals surface area contributed by atoms with Crippen LogP contribution in [0.1, 0.15) is 35.7 Å². The number of carbonyl (C=O) groups excluding carboxylic acids is 1. The molecule has 0 amide bonds. The number of halogens is 1. The quantitative estimate of drug-likeness (QED) is 0.719. The van der Waals surface area contributed by atoms with Crippen LogP contribution in [0.4, 0.5) is 4.39 Å². The Balaban J connectivity index is 2.20. The number of rotatable bonds is 2. The summed E-state index contributed by atoms with van der Waals surface area (Å²) in [6.07, 6.45) is 1.36. The second-order valence-electron chi connectivity index (χ2n) is 4.39. The zero-order valence-electron chi connectivity index (χ0n) is 9.50. The molecule has 2 nitrogen and oxygen atoms in total. The lowest BCUT2D eigenvalue weighted by Crippen LogP contribution is -2.21. The molecule has 2 rings (SSSR count). The van der Waals surface area contributed by atoms with E-state index < -0.39 is 6.10 Å². The van der Waals surface area contributed by atoms with Crippen LogP contribution in [-0.2, 0) is 4.74 Å². The Morgan fingerprint density at radius 3 is 2.69 bits per heavy atom. The molecule has 0 bridgehead atoms. The third-order valence-electron chi connectivity index (χ3n) is 2.85. The van der Waals surface area contributed by atoms with Crippen molar-refractivity contribution in [2.75, 3.05) is 0 Å². The third kappa shape index (κ3) is 2.30. The highest BCUT2D eigenvalue weighted by molar-refractivity contribution is 5.99. The largest absolute Gasteiger partial charge is 0.367 e. The Kier molecular flexibility index (Phi) is 3.06. The van der Waals surface area contributed by atoms with Crippen molar-refractivity contribution >= 4 is 5.78 Å². The van der Waals surface area contributed by atoms with Gasteiger partial charge in [-0.15, -0.1) is 0 Å². The van der Waals surface area contributed by atoms with E-state index in [1.54, 1.807) is 13.0 Å². The minimum Gasteiger partial charge on any atom is -0.367 e. The molecule has 1 aliphatic rings. The molecule has 1 saturated heterocycles. The van der Waals surface area contributed by atoms with Crippen molar-refractivity contribution in [2.24, 2.45) is 0 Å². The molecule has 2 atom stereocenters. The summed E-state index contributed by atoms with van der Waals surface area (Å²) in [7, 11) is 0. The molecule has 1 heterocycles. The SMILES string of the molecule is Cc1cc(F)cc(C(=O)C2CCC(C)O2)c1. The fourth-order valence-electron chi connectivity index (χ4n) is 2.06. The number of ketones is 1. The van der Waals surface area contributed by atoms with E-state index in [0.29, 0.717) is 5.56 Å². The van der Waals surface area contributed by atoms with Crippen molar-refractivity contribution in [1.82, 2.24) is 0 Å². The Bertz CT molecular complexity index is 394. The average molecular weight is 222 g/mol. The maximum atomic E-state index is 13.2. The predicted molar refractivity (Wildman–Crippen MR) is 59.0 cm³/mol. The van der Waals surface area contributed by atoms with Gasteiger partial charge in [-0.2, -0.15) is 0 Å². The van der Waals surface area contributed by atoms with Crippen molar-refractivity contribution < 1.29 is 13.9 Å². The minimum absolute atomic E-state index is 0.105. The summed E-state index contributed by atoms with van der Waals surface area (Å²) in [5, 5.41) is 0. The number of Topliss-reactive ketones (excluding diaryl/α,β-unsaturated/α-hetero) is 1. The summed E-state index contributed by atoms with van der Waals surface area (Å²) in [6, 6.07) is 4.40. The van der Waals surface area contributed by atoms with Crippen LogP contribution in [0.25, 0.3) is 0 Å². The first kappa shape index (κ1) is 11.3. The van der Waals surface area contributed by atoms with Gasteiger partial charge in [0.05, 0.1) is 6.10 Å². The zero-order valence-corrected chi connectivity index (χ0v) is 9.50. The maximum Gasteiger partial charge on any atom is 0.191 e. The Morgan fingerprint density at radius 1 is 1.38 bits per heavy atom. The molecule has 1 aromatic rings. The molecule has 86 valence electrons. The zero-order chi connectivity index (χ0) is 11.7. The van der Waals surface area contributed by atoms with Crippen LogP contribution in [0.3, 0.4) is 0 Å². The van der Waals surface area contributed by atoms with Gasteiger partial charge in [-0.25, -0.2) is 4.39 Å². The summed E-state index contributed by atoms with van der Waals surface area (Å²) in [6.45, 7) is 3.72. The summed E-state index contributed by atoms with van der Waals surface area (Å²) in [5.41, 5.74) is 1.17. The molecule has 0 radical (unpaired) electrons. The number of aryl methyl sites for hydroxylation is 1. The fourth-order valence-corrected chi connectivity index (χ4v) is 2.06. The van der Waals surface area contributed by atoms with Gasteiger partial charge in [0.25, 0.3) is 0 Å². The van der Waals surface area contributed by atoms with Crippen LogP contribution < -0.4 is 0 Å². The minimum atomic E-state index is -0.392. The van der Waals surface area contributed by atoms with Gasteiger partial charge in [0.2, 0.25) is 0 Å². The summed E-state index contributed by atoms with van der Waals surface area (Å²) < 4.78 is 18.6. The van der Waals surface area contributed by atoms with Gasteiger partial charge >= 0.3 is 0 Å². The van der Waals surface area contributed by atoms with E-state index >= 15 is 0 Å². The highest BCUT2D eigenvalue weighted by Gasteiger charge is 2.29. The first-order valence-corrected chi connectivity index (χ1v) is 5.53. The second kappa shape index (κ2) is 4.34. The maximum absolute atomic E-state index is 13.2. The van der Waals surface area contributed by atoms with Crippen LogP contribution in [0, 0.1) is 12.7 Å². The van der Waals surface area contributed by atoms with E-state index in [1.807, 2.05) is 6.92 Å². The topological polar surface area (TPSA) is 26.3 Å². The van der Waals surface area contributed by atoms with Crippen molar-refractivity contribution in [3.8, 4) is 0 Å². The van der Waals surface area contributed by atoms with Crippen LogP contribution in [-0.4, -0.2) is 18.0 Å². The molecule has 0 saturated carbocycles. The van der Waals surface area contributed by atoms with E-state index in [-0.39, 0.29) is 17.7 Å². The summed E-state index contributed by atoms with van der Waals surface area (Å²) >= 11 is 0. The van der Waals surface area contributed by atoms with Gasteiger partial charge in [-0.1, -0.05) is 0 Å². The van der Waals surface area contributed by atoms with Crippen LogP contribution in [0.15, 0.2) is 18.2 Å². The van der Waals surface area contributed by atoms with E-state index in [9.17, 15) is 9.18 Å². The highest BCUT2D eigenvalue weighted by Crippen LogP contribution is 2.23. The molecular formula is C13H15FO2. The molecule has 3 heteroatoms. The molecule has 1 aromatic carbocycles. The Labute approximate surface area is 94.4 Å². The molecular weight excluding hydrogens is 207 g/mol. The summed E-state index contributed by atoms with van der Waals surface area (Å²) in [5.74, 6) is -0.471. The lowest BCUT2D eigenvalue weighted by atomic mass is 10.0. The third-order valence-corrected chi connectivity index (χ3v) is 2.85. The number of benzene rings is 1. The Morgan fingerprint density at radius 2 is 2.12 bits per heavy atom. The molecule has 0 aromatic heterocycles. The first-order chi connectivity index (χ1) is 7.56. The van der Waals surface area contributed by atoms with E-state index in [2.05, 4.69) is 0 Å². The van der Waals surface area contributed by atoms with Crippen LogP contribution in [0.5, 0.6) is 0 Å². The van der Waals surface area contributed by atoms with Crippen LogP contribution in [0.2, 0.25) is 0 Å². The van der Waals surface area contributed by atoms with E-state index in [1.165, 1.54) is 12.1 Å². The average Bonchev–Trinajstić information content (AvgIpc) is 2.62. The van der Waals surface area contributed by atoms with Crippen molar-refractivity contribution in [2.45, 2.75) is 38.9 Å². The fraction of sp³-hybridized carbons (Fsp3) is 0.462. The number of hydrogen-bond acceptors (Lipinski definition) is 2. The monoisotopic (exact) mass is 222 g/mol. The number of hydrogen-bond donors (Lipinski definition) is 0. The standard InChI is InChI=1S/C13H15FO2/c1-8-5-10(7-11(14)6-8)13(15)12-4-3-9(2)16-12/h5-7,9,12H,3-4H2,1-2H3. The summed E-state index contributed by atoms with van der Waals surface area (Å²) in [4.78, 5) is 12.0. The molecule has 0 N–H and O–H groups in total. The van der Waals surface area contributed by atoms with Crippen molar-refractivity contribution in [3.63, 3.8) is 0 Å². The lowest BCUT2D eigenvalue weighted by Gasteiger charge is -2.10. The van der Waals surface area contributed by atoms with Gasteiger partial charge in [-0.05, 0) is 50.5 Å². The van der Waals surface area contributed by atoms with E-state index in [4.69, 9.17) is 4.74 Å². The molecule has 1 fully saturated rings. The van der Waals surface area contributed by atoms with Gasteiger partial charge in [-0.3, -0.25) is 4.79 Å². The molecule has 0 aliphatic carbocycles. The van der Waals surface area contributed by atoms with Gasteiger partial charge in [0.15, 0.2) is 5.78 Å². The normalized spacial score (nSPS) is 24.7. The molecule has 1 aliphatic heterocycles. The van der Waals surface area contributed by atoms with Crippen molar-refractivity contribution in [3.05, 3.63) is 35.1 Å². The number of carbonyl (C=O) groups is 1. The smallest absolute Gasteiger partial charge is 0.191 e. The first-order valence-electron chi connectivity index (χ1n) is 5.53.